The number of piperidine rings is 1. The molecule has 2 aliphatic heterocycles. The van der Waals surface area contributed by atoms with E-state index in [2.05, 4.69) is 15.0 Å². The highest BCUT2D eigenvalue weighted by Crippen LogP contribution is 2.34. The minimum Gasteiger partial charge on any atom is -0.481 e. The lowest BCUT2D eigenvalue weighted by molar-refractivity contribution is -0.137. The molecule has 3 heterocycles. The fourth-order valence-electron chi connectivity index (χ4n) is 6.12. The molecule has 0 spiro atoms. The first kappa shape index (κ1) is 32.3. The van der Waals surface area contributed by atoms with E-state index < -0.39 is 28.7 Å². The predicted molar refractivity (Wildman–Crippen MR) is 167 cm³/mol. The number of halogens is 1. The van der Waals surface area contributed by atoms with Gasteiger partial charge < -0.3 is 20.1 Å². The molecule has 0 radical (unpaired) electrons. The van der Waals surface area contributed by atoms with E-state index in [-0.39, 0.29) is 41.9 Å². The van der Waals surface area contributed by atoms with Crippen molar-refractivity contribution in [3.05, 3.63) is 52.5 Å². The molecule has 238 valence electrons. The molecule has 5 rings (SSSR count). The molecule has 2 aliphatic rings. The third-order valence-electron chi connectivity index (χ3n) is 8.40. The van der Waals surface area contributed by atoms with Crippen molar-refractivity contribution in [1.82, 2.24) is 14.6 Å². The normalized spacial score (nSPS) is 18.1. The van der Waals surface area contributed by atoms with Gasteiger partial charge in [-0.05, 0) is 67.3 Å². The summed E-state index contributed by atoms with van der Waals surface area (Å²) in [4.78, 5) is 31.6. The van der Waals surface area contributed by atoms with Gasteiger partial charge in [0.25, 0.3) is 0 Å². The number of hydrogen-bond acceptors (Lipinski definition) is 8. The van der Waals surface area contributed by atoms with Gasteiger partial charge in [-0.15, -0.1) is 11.3 Å². The van der Waals surface area contributed by atoms with E-state index in [0.29, 0.717) is 68.2 Å². The number of fused-ring (bicyclic) bond motifs is 2. The number of aryl methyl sites for hydroxylation is 1. The second-order valence-corrected chi connectivity index (χ2v) is 14.4. The third-order valence-corrected chi connectivity index (χ3v) is 10.9. The van der Waals surface area contributed by atoms with Gasteiger partial charge in [0.15, 0.2) is 0 Å². The average molecular weight is 647 g/mol. The summed E-state index contributed by atoms with van der Waals surface area (Å²) in [5.41, 5.74) is 2.60. The monoisotopic (exact) mass is 646 g/mol. The van der Waals surface area contributed by atoms with Crippen molar-refractivity contribution in [2.75, 3.05) is 45.3 Å². The van der Waals surface area contributed by atoms with E-state index in [0.717, 1.165) is 15.8 Å². The largest absolute Gasteiger partial charge is 0.481 e. The highest BCUT2D eigenvalue weighted by Gasteiger charge is 2.35. The van der Waals surface area contributed by atoms with E-state index in [9.17, 15) is 27.5 Å². The minimum atomic E-state index is -4.26. The fraction of sp³-hybridized carbons (Fsp3) is 0.516. The van der Waals surface area contributed by atoms with Gasteiger partial charge in [-0.1, -0.05) is 18.2 Å². The number of carboxylic acids is 1. The van der Waals surface area contributed by atoms with Gasteiger partial charge in [-0.3, -0.25) is 14.0 Å². The van der Waals surface area contributed by atoms with Crippen molar-refractivity contribution in [2.24, 2.45) is 11.8 Å². The molecule has 0 aliphatic carbocycles. The van der Waals surface area contributed by atoms with Crippen molar-refractivity contribution in [2.45, 2.75) is 55.9 Å². The summed E-state index contributed by atoms with van der Waals surface area (Å²) >= 11 is 1.42. The number of benzene rings is 2. The molecule has 44 heavy (non-hydrogen) atoms. The number of aliphatic carboxylic acids is 1. The number of carbonyl (C=O) groups excluding carboxylic acids is 1. The van der Waals surface area contributed by atoms with Gasteiger partial charge in [-0.25, -0.2) is 13.4 Å². The topological polar surface area (TPSA) is 138 Å². The number of thiazole rings is 1. The van der Waals surface area contributed by atoms with Gasteiger partial charge in [0.2, 0.25) is 15.9 Å². The van der Waals surface area contributed by atoms with Gasteiger partial charge in [-0.2, -0.15) is 4.72 Å². The first-order valence-corrected chi connectivity index (χ1v) is 17.3. The smallest absolute Gasteiger partial charge is 0.303 e. The molecule has 1 aromatic heterocycles. The molecular formula is C31H39FN4O6S2. The Kier molecular flexibility index (Phi) is 10.5. The maximum Gasteiger partial charge on any atom is 0.303 e. The first-order chi connectivity index (χ1) is 21.2. The highest BCUT2D eigenvalue weighted by atomic mass is 32.2. The summed E-state index contributed by atoms with van der Waals surface area (Å²) in [6, 6.07) is 9.85. The van der Waals surface area contributed by atoms with Gasteiger partial charge in [0, 0.05) is 45.5 Å². The van der Waals surface area contributed by atoms with Crippen LogP contribution < -0.4 is 10.0 Å². The predicted octanol–water partition coefficient (Wildman–Crippen LogP) is 4.03. The average Bonchev–Trinajstić information content (AvgIpc) is 3.42. The van der Waals surface area contributed by atoms with Crippen molar-refractivity contribution in [3.8, 4) is 0 Å². The number of hydrogen-bond donors (Lipinski definition) is 3. The number of carbonyl (C=O) groups is 2. The van der Waals surface area contributed by atoms with Gasteiger partial charge in [0.1, 0.15) is 10.9 Å². The van der Waals surface area contributed by atoms with Crippen molar-refractivity contribution < 1.29 is 32.2 Å². The third kappa shape index (κ3) is 7.74. The van der Waals surface area contributed by atoms with Crippen LogP contribution in [0.4, 0.5) is 10.1 Å². The number of sulfonamides is 1. The number of aromatic nitrogens is 1. The molecule has 3 N–H and O–H groups in total. The van der Waals surface area contributed by atoms with Crippen LogP contribution in [-0.4, -0.2) is 81.4 Å². The van der Waals surface area contributed by atoms with Gasteiger partial charge in [0.05, 0.1) is 34.2 Å². The zero-order chi connectivity index (χ0) is 31.3. The first-order valence-electron chi connectivity index (χ1n) is 15.0. The summed E-state index contributed by atoms with van der Waals surface area (Å²) in [6.45, 7) is 1.48. The Morgan fingerprint density at radius 2 is 2.00 bits per heavy atom. The molecule has 1 saturated heterocycles. The summed E-state index contributed by atoms with van der Waals surface area (Å²) in [5.74, 6) is -0.982. The summed E-state index contributed by atoms with van der Waals surface area (Å²) in [6.07, 6.45) is 2.47. The molecule has 1 unspecified atom stereocenters. The Balaban J connectivity index is 1.46. The van der Waals surface area contributed by atoms with E-state index in [1.807, 2.05) is 30.3 Å². The Morgan fingerprint density at radius 3 is 2.70 bits per heavy atom. The Morgan fingerprint density at radius 1 is 1.23 bits per heavy atom. The second-order valence-electron chi connectivity index (χ2n) is 11.6. The van der Waals surface area contributed by atoms with Crippen LogP contribution in [0, 0.1) is 11.8 Å². The van der Waals surface area contributed by atoms with E-state index >= 15 is 0 Å². The van der Waals surface area contributed by atoms with Crippen LogP contribution in [0.5, 0.6) is 0 Å². The molecule has 13 heteroatoms. The number of carboxylic acid groups (broad SMARTS) is 1. The molecular weight excluding hydrogens is 607 g/mol. The number of nitrogens with zero attached hydrogens (tertiary/aromatic N) is 2. The van der Waals surface area contributed by atoms with E-state index in [4.69, 9.17) is 4.74 Å². The number of anilines is 1. The Hall–Kier alpha value is -3.13. The number of amides is 1. The second kappa shape index (κ2) is 14.3. The standard InChI is InChI=1S/C31H39FN4O6S2/c1-42-19-22-15-23-14-21(6-7-29(37)38)16-27(30(23)33-18-22)44(40,41)35-25(17-28-34-24-4-2-3-5-26(24)43-28)31(39)36-12-9-20(8-11-32)10-13-36/h2-5,14,16,20,22,25,33,35H,6-13,15,17-19H2,1H3,(H,37,38)/t22?,25-/m0/s1. The minimum absolute atomic E-state index is 0.00462. The maximum absolute atomic E-state index is 14.2. The Bertz CT molecular complexity index is 1560. The molecule has 1 amide bonds. The number of likely N-dealkylation sites (tertiary alicyclic amines) is 1. The number of rotatable bonds is 13. The lowest BCUT2D eigenvalue weighted by Crippen LogP contribution is -2.51. The quantitative estimate of drug-likeness (QED) is 0.253. The summed E-state index contributed by atoms with van der Waals surface area (Å²) in [5, 5.41) is 13.2. The maximum atomic E-state index is 14.2. The molecule has 0 bridgehead atoms. The molecule has 0 saturated carbocycles. The Labute approximate surface area is 261 Å². The van der Waals surface area contributed by atoms with Crippen molar-refractivity contribution in [1.29, 1.82) is 0 Å². The molecule has 2 aromatic carbocycles. The fourth-order valence-corrected chi connectivity index (χ4v) is 8.59. The molecule has 1 fully saturated rings. The van der Waals surface area contributed by atoms with Crippen LogP contribution in [0.15, 0.2) is 41.3 Å². The number of alkyl halides is 1. The van der Waals surface area contributed by atoms with Crippen LogP contribution in [-0.2, 0) is 43.6 Å². The lowest BCUT2D eigenvalue weighted by atomic mass is 9.92. The van der Waals surface area contributed by atoms with E-state index in [1.54, 1.807) is 12.0 Å². The summed E-state index contributed by atoms with van der Waals surface area (Å²) < 4.78 is 50.3. The van der Waals surface area contributed by atoms with Crippen LogP contribution in [0.2, 0.25) is 0 Å². The lowest BCUT2D eigenvalue weighted by Gasteiger charge is -2.34. The highest BCUT2D eigenvalue weighted by molar-refractivity contribution is 7.89. The molecule has 10 nitrogen and oxygen atoms in total. The number of ether oxygens (including phenoxy) is 1. The zero-order valence-corrected chi connectivity index (χ0v) is 26.4. The number of methoxy groups -OCH3 is 1. The van der Waals surface area contributed by atoms with E-state index in [1.165, 1.54) is 17.4 Å². The van der Waals surface area contributed by atoms with Crippen LogP contribution in [0.25, 0.3) is 10.2 Å². The molecule has 3 aromatic rings. The number of para-hydroxylation sites is 1. The van der Waals surface area contributed by atoms with Crippen molar-refractivity contribution >= 4 is 49.1 Å². The zero-order valence-electron chi connectivity index (χ0n) is 24.8. The van der Waals surface area contributed by atoms with Crippen LogP contribution in [0.3, 0.4) is 0 Å². The van der Waals surface area contributed by atoms with Gasteiger partial charge >= 0.3 is 5.97 Å². The summed E-state index contributed by atoms with van der Waals surface area (Å²) in [7, 11) is -2.64. The number of nitrogens with one attached hydrogen (secondary N) is 2. The van der Waals surface area contributed by atoms with Crippen LogP contribution in [0.1, 0.15) is 41.8 Å². The van der Waals surface area contributed by atoms with Crippen molar-refractivity contribution in [3.63, 3.8) is 0 Å². The molecule has 2 atom stereocenters. The van der Waals surface area contributed by atoms with Crippen LogP contribution >= 0.6 is 11.3 Å². The SMILES string of the molecule is COCC1CNc2c(cc(CCC(=O)O)cc2S(=O)(=O)N[C@@H](Cc2nc3ccccc3s2)C(=O)N2CCC(CCF)CC2)C1.